The summed E-state index contributed by atoms with van der Waals surface area (Å²) in [5.41, 5.74) is 0.864. The molecule has 2 amide bonds. The lowest BCUT2D eigenvalue weighted by molar-refractivity contribution is -0.122. The first kappa shape index (κ1) is 21.7. The number of halogens is 1. The number of ether oxygens (including phenoxy) is 1. The molecule has 1 aliphatic heterocycles. The van der Waals surface area contributed by atoms with Crippen molar-refractivity contribution in [2.75, 3.05) is 32.8 Å². The van der Waals surface area contributed by atoms with Crippen LogP contribution in [0.25, 0.3) is 0 Å². The number of hydrogen-bond acceptors (Lipinski definition) is 4. The lowest BCUT2D eigenvalue weighted by atomic mass is 10.0. The minimum atomic E-state index is -0.358. The van der Waals surface area contributed by atoms with Crippen LogP contribution in [0.4, 0.5) is 0 Å². The van der Waals surface area contributed by atoms with E-state index < -0.39 is 0 Å². The zero-order valence-corrected chi connectivity index (χ0v) is 16.9. The van der Waals surface area contributed by atoms with Gasteiger partial charge in [-0.05, 0) is 44.0 Å². The van der Waals surface area contributed by atoms with Crippen molar-refractivity contribution in [2.45, 2.75) is 45.3 Å². The van der Waals surface area contributed by atoms with Gasteiger partial charge >= 0.3 is 0 Å². The van der Waals surface area contributed by atoms with Crippen molar-refractivity contribution in [3.8, 4) is 0 Å². The second-order valence-electron chi connectivity index (χ2n) is 7.05. The van der Waals surface area contributed by atoms with E-state index in [1.165, 1.54) is 6.92 Å². The molecule has 1 aliphatic rings. The molecule has 2 N–H and O–H groups in total. The number of nitrogens with zero attached hydrogens (tertiary/aromatic N) is 1. The fourth-order valence-electron chi connectivity index (χ4n) is 3.26. The number of carbonyl (C=O) groups is 2. The number of benzene rings is 1. The maximum Gasteiger partial charge on any atom is 0.222 e. The Balaban J connectivity index is 1.76. The molecular weight excluding hydrogens is 366 g/mol. The monoisotopic (exact) mass is 395 g/mol. The van der Waals surface area contributed by atoms with E-state index in [0.717, 1.165) is 44.6 Å². The normalized spacial score (nSPS) is 19.1. The Morgan fingerprint density at radius 2 is 2.07 bits per heavy atom. The van der Waals surface area contributed by atoms with Crippen molar-refractivity contribution in [1.82, 2.24) is 15.5 Å². The molecule has 0 saturated carbocycles. The summed E-state index contributed by atoms with van der Waals surface area (Å²) >= 11 is 5.92. The summed E-state index contributed by atoms with van der Waals surface area (Å²) in [6.07, 6.45) is 2.41. The molecule has 7 heteroatoms. The summed E-state index contributed by atoms with van der Waals surface area (Å²) in [5.74, 6) is -0.239. The minimum absolute atomic E-state index is 0.0729. The van der Waals surface area contributed by atoms with Crippen LogP contribution in [0.1, 0.15) is 44.7 Å². The number of carbonyl (C=O) groups excluding carboxylic acids is 2. The van der Waals surface area contributed by atoms with Crippen molar-refractivity contribution in [3.05, 3.63) is 34.9 Å². The molecule has 27 heavy (non-hydrogen) atoms. The van der Waals surface area contributed by atoms with Crippen LogP contribution < -0.4 is 10.6 Å². The van der Waals surface area contributed by atoms with E-state index in [2.05, 4.69) is 22.5 Å². The van der Waals surface area contributed by atoms with Gasteiger partial charge in [-0.1, -0.05) is 23.7 Å². The maximum atomic E-state index is 12.3. The zero-order chi connectivity index (χ0) is 19.6. The molecular formula is C20H30ClN3O3. The predicted octanol–water partition coefficient (Wildman–Crippen LogP) is 2.52. The highest BCUT2D eigenvalue weighted by molar-refractivity contribution is 6.30. The largest absolute Gasteiger partial charge is 0.377 e. The van der Waals surface area contributed by atoms with E-state index in [-0.39, 0.29) is 30.4 Å². The molecule has 1 fully saturated rings. The van der Waals surface area contributed by atoms with Gasteiger partial charge in [0.2, 0.25) is 11.8 Å². The lowest BCUT2D eigenvalue weighted by Crippen LogP contribution is -2.35. The van der Waals surface area contributed by atoms with Crippen molar-refractivity contribution in [3.63, 3.8) is 0 Å². The standard InChI is InChI=1S/C20H30ClN3O3/c1-15-14-24(11-4-12-27-15)10-3-9-22-20(26)13-19(23-16(2)25)17-5-7-18(21)8-6-17/h5-8,15,19H,3-4,9-14H2,1-2H3,(H,22,26)(H,23,25)/t15-,19+/m1/s1. The average Bonchev–Trinajstić information content (AvgIpc) is 2.82. The summed E-state index contributed by atoms with van der Waals surface area (Å²) in [4.78, 5) is 26.2. The van der Waals surface area contributed by atoms with Crippen molar-refractivity contribution < 1.29 is 14.3 Å². The molecule has 1 aromatic carbocycles. The second-order valence-corrected chi connectivity index (χ2v) is 7.48. The van der Waals surface area contributed by atoms with Gasteiger partial charge in [0.05, 0.1) is 18.6 Å². The predicted molar refractivity (Wildman–Crippen MR) is 107 cm³/mol. The van der Waals surface area contributed by atoms with Gasteiger partial charge in [-0.25, -0.2) is 0 Å². The molecule has 0 aromatic heterocycles. The first-order valence-electron chi connectivity index (χ1n) is 9.57. The average molecular weight is 396 g/mol. The highest BCUT2D eigenvalue weighted by Crippen LogP contribution is 2.19. The van der Waals surface area contributed by atoms with Crippen LogP contribution in [-0.2, 0) is 14.3 Å². The molecule has 150 valence electrons. The molecule has 1 aromatic rings. The summed E-state index contributed by atoms with van der Waals surface area (Å²) < 4.78 is 5.65. The third-order valence-corrected chi connectivity index (χ3v) is 4.80. The summed E-state index contributed by atoms with van der Waals surface area (Å²) in [6.45, 7) is 7.92. The van der Waals surface area contributed by atoms with Gasteiger partial charge in [-0.2, -0.15) is 0 Å². The van der Waals surface area contributed by atoms with E-state index in [1.54, 1.807) is 12.1 Å². The van der Waals surface area contributed by atoms with Gasteiger partial charge in [0.15, 0.2) is 0 Å². The second kappa shape index (κ2) is 11.3. The van der Waals surface area contributed by atoms with Crippen LogP contribution in [0.3, 0.4) is 0 Å². The molecule has 0 unspecified atom stereocenters. The Hall–Kier alpha value is -1.63. The SMILES string of the molecule is CC(=O)N[C@@H](CC(=O)NCCCN1CCCO[C@H](C)C1)c1ccc(Cl)cc1. The highest BCUT2D eigenvalue weighted by Gasteiger charge is 2.18. The van der Waals surface area contributed by atoms with E-state index >= 15 is 0 Å². The number of amides is 2. The van der Waals surface area contributed by atoms with Gasteiger partial charge in [0.25, 0.3) is 0 Å². The van der Waals surface area contributed by atoms with Gasteiger partial charge in [-0.3, -0.25) is 9.59 Å². The van der Waals surface area contributed by atoms with E-state index in [0.29, 0.717) is 11.6 Å². The van der Waals surface area contributed by atoms with E-state index in [1.807, 2.05) is 12.1 Å². The smallest absolute Gasteiger partial charge is 0.222 e. The Labute approximate surface area is 166 Å². The Kier molecular flexibility index (Phi) is 9.04. The highest BCUT2D eigenvalue weighted by atomic mass is 35.5. The molecule has 0 spiro atoms. The minimum Gasteiger partial charge on any atom is -0.377 e. The number of hydrogen-bond donors (Lipinski definition) is 2. The van der Waals surface area contributed by atoms with Crippen molar-refractivity contribution >= 4 is 23.4 Å². The fourth-order valence-corrected chi connectivity index (χ4v) is 3.39. The van der Waals surface area contributed by atoms with Crippen LogP contribution in [0.15, 0.2) is 24.3 Å². The van der Waals surface area contributed by atoms with Crippen LogP contribution in [-0.4, -0.2) is 55.6 Å². The molecule has 0 bridgehead atoms. The Morgan fingerprint density at radius 1 is 1.33 bits per heavy atom. The summed E-state index contributed by atoms with van der Waals surface area (Å²) in [6, 6.07) is 6.83. The molecule has 1 heterocycles. The number of rotatable bonds is 8. The first-order chi connectivity index (χ1) is 12.9. The summed E-state index contributed by atoms with van der Waals surface area (Å²) in [7, 11) is 0. The van der Waals surface area contributed by atoms with Crippen molar-refractivity contribution in [1.29, 1.82) is 0 Å². The van der Waals surface area contributed by atoms with Crippen LogP contribution >= 0.6 is 11.6 Å². The van der Waals surface area contributed by atoms with Crippen LogP contribution in [0.2, 0.25) is 5.02 Å². The van der Waals surface area contributed by atoms with Crippen LogP contribution in [0.5, 0.6) is 0 Å². The first-order valence-corrected chi connectivity index (χ1v) is 9.95. The topological polar surface area (TPSA) is 70.7 Å². The molecule has 0 radical (unpaired) electrons. The quantitative estimate of drug-likeness (QED) is 0.663. The zero-order valence-electron chi connectivity index (χ0n) is 16.2. The third kappa shape index (κ3) is 8.28. The lowest BCUT2D eigenvalue weighted by Gasteiger charge is -2.22. The van der Waals surface area contributed by atoms with Gasteiger partial charge in [0, 0.05) is 38.2 Å². The molecule has 6 nitrogen and oxygen atoms in total. The summed E-state index contributed by atoms with van der Waals surface area (Å²) in [5, 5.41) is 6.42. The Bertz CT molecular complexity index is 609. The molecule has 2 rings (SSSR count). The van der Waals surface area contributed by atoms with Crippen LogP contribution in [0, 0.1) is 0 Å². The number of nitrogens with one attached hydrogen (secondary N) is 2. The molecule has 1 saturated heterocycles. The molecule has 2 atom stereocenters. The van der Waals surface area contributed by atoms with Crippen molar-refractivity contribution in [2.24, 2.45) is 0 Å². The van der Waals surface area contributed by atoms with Gasteiger partial charge < -0.3 is 20.3 Å². The van der Waals surface area contributed by atoms with Gasteiger partial charge in [-0.15, -0.1) is 0 Å². The van der Waals surface area contributed by atoms with E-state index in [4.69, 9.17) is 16.3 Å². The van der Waals surface area contributed by atoms with Gasteiger partial charge in [0.1, 0.15) is 0 Å². The maximum absolute atomic E-state index is 12.3. The fraction of sp³-hybridized carbons (Fsp3) is 0.600. The Morgan fingerprint density at radius 3 is 2.78 bits per heavy atom. The third-order valence-electron chi connectivity index (χ3n) is 4.55. The molecule has 0 aliphatic carbocycles. The van der Waals surface area contributed by atoms with E-state index in [9.17, 15) is 9.59 Å².